The van der Waals surface area contributed by atoms with Gasteiger partial charge in [0.05, 0.1) is 17.6 Å². The smallest absolute Gasteiger partial charge is 0.352 e. The molecule has 0 bridgehead atoms. The van der Waals surface area contributed by atoms with Gasteiger partial charge in [-0.15, -0.1) is 11.8 Å². The zero-order chi connectivity index (χ0) is 14.9. The van der Waals surface area contributed by atoms with Gasteiger partial charge < -0.3 is 20.8 Å². The van der Waals surface area contributed by atoms with Crippen LogP contribution < -0.4 is 10.6 Å². The third kappa shape index (κ3) is 2.59. The van der Waals surface area contributed by atoms with E-state index in [9.17, 15) is 14.4 Å². The Kier molecular flexibility index (Phi) is 3.66. The summed E-state index contributed by atoms with van der Waals surface area (Å²) in [6.45, 7) is 0. The van der Waals surface area contributed by atoms with Gasteiger partial charge in [-0.2, -0.15) is 0 Å². The van der Waals surface area contributed by atoms with Crippen LogP contribution in [0.1, 0.15) is 10.4 Å². The number of carboxylic acids is 2. The number of thioether (sulfide) groups is 1. The highest BCUT2D eigenvalue weighted by molar-refractivity contribution is 7.99. The highest BCUT2D eigenvalue weighted by atomic mass is 32.2. The highest BCUT2D eigenvalue weighted by Gasteiger charge is 2.27. The second kappa shape index (κ2) is 5.25. The van der Waals surface area contributed by atoms with Crippen molar-refractivity contribution >= 4 is 35.3 Å². The predicted octanol–water partition coefficient (Wildman–Crippen LogP) is 0.708. The Labute approximate surface area is 117 Å². The molecule has 0 saturated heterocycles. The first-order valence-corrected chi connectivity index (χ1v) is 6.41. The molecule has 1 amide bonds. The van der Waals surface area contributed by atoms with E-state index in [0.29, 0.717) is 22.2 Å². The number of carbonyl (C=O) groups excluding carboxylic acids is 1. The molecular weight excluding hydrogens is 284 g/mol. The predicted molar refractivity (Wildman–Crippen MR) is 71.5 cm³/mol. The fourth-order valence-corrected chi connectivity index (χ4v) is 2.86. The van der Waals surface area contributed by atoms with Crippen LogP contribution in [0.4, 0.5) is 5.69 Å². The quantitative estimate of drug-likeness (QED) is 0.699. The topological polar surface area (TPSA) is 121 Å². The molecule has 0 fully saturated rings. The van der Waals surface area contributed by atoms with E-state index in [1.165, 1.54) is 22.7 Å². The molecule has 7 nitrogen and oxygen atoms in total. The number of hydrogen-bond donors (Lipinski definition) is 3. The van der Waals surface area contributed by atoms with Gasteiger partial charge in [0.15, 0.2) is 0 Å². The molecule has 0 radical (unpaired) electrons. The summed E-state index contributed by atoms with van der Waals surface area (Å²) in [4.78, 5) is 35.0. The normalized spacial score (nSPS) is 14.0. The summed E-state index contributed by atoms with van der Waals surface area (Å²) in [5, 5.41) is 17.8. The van der Waals surface area contributed by atoms with E-state index in [2.05, 4.69) is 0 Å². The molecule has 1 aliphatic heterocycles. The van der Waals surface area contributed by atoms with Gasteiger partial charge in [-0.1, -0.05) is 0 Å². The van der Waals surface area contributed by atoms with Crippen LogP contribution in [0.2, 0.25) is 0 Å². The van der Waals surface area contributed by atoms with E-state index in [1.54, 1.807) is 12.1 Å². The van der Waals surface area contributed by atoms with Gasteiger partial charge in [-0.05, 0) is 18.2 Å². The fraction of sp³-hybridized carbons (Fsp3) is 0.0833. The van der Waals surface area contributed by atoms with E-state index in [1.807, 2.05) is 0 Å². The Morgan fingerprint density at radius 3 is 2.55 bits per heavy atom. The number of anilines is 1. The molecule has 0 aromatic heterocycles. The van der Waals surface area contributed by atoms with Crippen molar-refractivity contribution in [1.82, 2.24) is 0 Å². The maximum atomic E-state index is 11.2. The third-order valence-electron chi connectivity index (χ3n) is 2.65. The Balaban J connectivity index is 2.43. The zero-order valence-electron chi connectivity index (χ0n) is 10.1. The van der Waals surface area contributed by atoms with Crippen LogP contribution in [0.5, 0.6) is 0 Å². The minimum absolute atomic E-state index is 0.253. The lowest BCUT2D eigenvalue weighted by Gasteiger charge is -2.18. The van der Waals surface area contributed by atoms with Crippen molar-refractivity contribution in [2.45, 2.75) is 4.90 Å². The van der Waals surface area contributed by atoms with Crippen LogP contribution in [0, 0.1) is 0 Å². The summed E-state index contributed by atoms with van der Waals surface area (Å²) in [5.41, 5.74) is 5.69. The van der Waals surface area contributed by atoms with E-state index in [0.717, 1.165) is 0 Å². The molecule has 0 saturated carbocycles. The van der Waals surface area contributed by atoms with Crippen molar-refractivity contribution in [1.29, 1.82) is 0 Å². The number of nitrogens with zero attached hydrogens (tertiary/aromatic N) is 1. The minimum atomic E-state index is -1.34. The number of hydrogen-bond acceptors (Lipinski definition) is 5. The van der Waals surface area contributed by atoms with Crippen molar-refractivity contribution in [3.63, 3.8) is 0 Å². The first-order valence-electron chi connectivity index (χ1n) is 5.42. The van der Waals surface area contributed by atoms with Gasteiger partial charge >= 0.3 is 11.9 Å². The first-order chi connectivity index (χ1) is 9.40. The van der Waals surface area contributed by atoms with Crippen molar-refractivity contribution in [3.05, 3.63) is 35.5 Å². The standard InChI is InChI=1S/C12H10N2O5S/c13-11(17)6-1-2-7-9(3-6)20-5-14(7)8(12(18)19)4-10(15)16/h1-4H,5H2,(H2,13,17)(H,15,16)(H,18,19). The van der Waals surface area contributed by atoms with Crippen LogP contribution in [-0.4, -0.2) is 33.9 Å². The molecule has 0 atom stereocenters. The maximum absolute atomic E-state index is 11.2. The molecule has 104 valence electrons. The molecule has 1 aromatic rings. The summed E-state index contributed by atoms with van der Waals surface area (Å²) in [6, 6.07) is 4.58. The van der Waals surface area contributed by atoms with E-state index in [4.69, 9.17) is 15.9 Å². The largest absolute Gasteiger partial charge is 0.478 e. The van der Waals surface area contributed by atoms with Gasteiger partial charge in [-0.25, -0.2) is 9.59 Å². The van der Waals surface area contributed by atoms with Crippen molar-refractivity contribution < 1.29 is 24.6 Å². The Bertz CT molecular complexity index is 641. The number of nitrogens with two attached hydrogens (primary N) is 1. The molecular formula is C12H10N2O5S. The SMILES string of the molecule is NC(=O)c1ccc2c(c1)SCN2C(=CC(=O)O)C(=O)O. The highest BCUT2D eigenvalue weighted by Crippen LogP contribution is 2.41. The molecule has 0 aliphatic carbocycles. The Morgan fingerprint density at radius 2 is 2.00 bits per heavy atom. The van der Waals surface area contributed by atoms with Crippen LogP contribution >= 0.6 is 11.8 Å². The molecule has 8 heteroatoms. The lowest BCUT2D eigenvalue weighted by Crippen LogP contribution is -2.25. The van der Waals surface area contributed by atoms with Gasteiger partial charge in [0.1, 0.15) is 5.70 Å². The van der Waals surface area contributed by atoms with Crippen molar-refractivity contribution in [2.75, 3.05) is 10.8 Å². The number of carbonyl (C=O) groups is 3. The number of primary amides is 1. The van der Waals surface area contributed by atoms with Gasteiger partial charge in [-0.3, -0.25) is 4.79 Å². The second-order valence-electron chi connectivity index (χ2n) is 3.92. The molecule has 2 rings (SSSR count). The van der Waals surface area contributed by atoms with Gasteiger partial charge in [0, 0.05) is 10.5 Å². The molecule has 1 heterocycles. The number of aliphatic carboxylic acids is 2. The van der Waals surface area contributed by atoms with E-state index in [-0.39, 0.29) is 11.6 Å². The average molecular weight is 294 g/mol. The first kappa shape index (κ1) is 13.9. The summed E-state index contributed by atoms with van der Waals surface area (Å²) in [6.07, 6.45) is 0.639. The van der Waals surface area contributed by atoms with Gasteiger partial charge in [0.25, 0.3) is 0 Å². The molecule has 4 N–H and O–H groups in total. The molecule has 20 heavy (non-hydrogen) atoms. The van der Waals surface area contributed by atoms with Crippen LogP contribution in [-0.2, 0) is 9.59 Å². The average Bonchev–Trinajstić information content (AvgIpc) is 2.77. The third-order valence-corrected chi connectivity index (χ3v) is 3.68. The molecule has 1 aliphatic rings. The lowest BCUT2D eigenvalue weighted by molar-refractivity contribution is -0.135. The van der Waals surface area contributed by atoms with E-state index >= 15 is 0 Å². The summed E-state index contributed by atoms with van der Waals surface area (Å²) < 4.78 is 0. The number of benzene rings is 1. The summed E-state index contributed by atoms with van der Waals surface area (Å²) in [5.74, 6) is -3.00. The lowest BCUT2D eigenvalue weighted by atomic mass is 10.2. The summed E-state index contributed by atoms with van der Waals surface area (Å²) in [7, 11) is 0. The zero-order valence-corrected chi connectivity index (χ0v) is 10.9. The van der Waals surface area contributed by atoms with Crippen LogP contribution in [0.25, 0.3) is 0 Å². The van der Waals surface area contributed by atoms with Gasteiger partial charge in [0.2, 0.25) is 5.91 Å². The minimum Gasteiger partial charge on any atom is -0.478 e. The maximum Gasteiger partial charge on any atom is 0.352 e. The monoisotopic (exact) mass is 294 g/mol. The number of rotatable bonds is 4. The summed E-state index contributed by atoms with van der Waals surface area (Å²) >= 11 is 1.30. The van der Waals surface area contributed by atoms with Crippen molar-refractivity contribution in [3.8, 4) is 0 Å². The number of carboxylic acid groups (broad SMARTS) is 2. The Hall–Kier alpha value is -2.48. The molecule has 0 spiro atoms. The Morgan fingerprint density at radius 1 is 1.30 bits per heavy atom. The fourth-order valence-electron chi connectivity index (χ4n) is 1.78. The van der Waals surface area contributed by atoms with E-state index < -0.39 is 17.8 Å². The molecule has 0 unspecified atom stereocenters. The number of fused-ring (bicyclic) bond motifs is 1. The van der Waals surface area contributed by atoms with Crippen molar-refractivity contribution in [2.24, 2.45) is 5.73 Å². The van der Waals surface area contributed by atoms with Crippen LogP contribution in [0.15, 0.2) is 34.9 Å². The second-order valence-corrected chi connectivity index (χ2v) is 4.91. The van der Waals surface area contributed by atoms with Crippen LogP contribution in [0.3, 0.4) is 0 Å². The number of amides is 1. The molecule has 1 aromatic carbocycles.